The van der Waals surface area contributed by atoms with Crippen molar-refractivity contribution < 1.29 is 4.74 Å². The summed E-state index contributed by atoms with van der Waals surface area (Å²) in [5.41, 5.74) is 5.24. The summed E-state index contributed by atoms with van der Waals surface area (Å²) in [4.78, 5) is 8.52. The Balaban J connectivity index is 1.26. The molecule has 0 atom stereocenters. The lowest BCUT2D eigenvalue weighted by atomic mass is 10.1. The lowest BCUT2D eigenvalue weighted by Gasteiger charge is -2.26. The van der Waals surface area contributed by atoms with Gasteiger partial charge in [0.1, 0.15) is 12.4 Å². The van der Waals surface area contributed by atoms with Crippen molar-refractivity contribution in [2.24, 2.45) is 0 Å². The van der Waals surface area contributed by atoms with Crippen LogP contribution in [0.4, 0.5) is 0 Å². The monoisotopic (exact) mass is 447 g/mol. The molecule has 0 spiro atoms. The minimum absolute atomic E-state index is 0.738. The molecule has 4 heterocycles. The third-order valence-corrected chi connectivity index (χ3v) is 6.92. The van der Waals surface area contributed by atoms with Gasteiger partial charge in [0.05, 0.1) is 6.20 Å². The number of hydrogen-bond donors (Lipinski definition) is 1. The number of aromatic nitrogens is 3. The first-order valence-corrected chi connectivity index (χ1v) is 12.2. The van der Waals surface area contributed by atoms with E-state index in [4.69, 9.17) is 9.72 Å². The molecule has 4 aromatic rings. The molecule has 0 amide bonds. The highest BCUT2D eigenvalue weighted by atomic mass is 32.1. The van der Waals surface area contributed by atoms with E-state index in [1.54, 1.807) is 11.3 Å². The number of nitrogens with one attached hydrogen (secondary N) is 1. The fraction of sp³-hybridized carbons (Fsp3) is 0.360. The van der Waals surface area contributed by atoms with Gasteiger partial charge < -0.3 is 10.1 Å². The first-order valence-electron chi connectivity index (χ1n) is 11.3. The second-order valence-corrected chi connectivity index (χ2v) is 9.27. The van der Waals surface area contributed by atoms with E-state index in [1.165, 1.54) is 42.8 Å². The Morgan fingerprint density at radius 1 is 1.03 bits per heavy atom. The summed E-state index contributed by atoms with van der Waals surface area (Å²) in [6.45, 7) is 5.03. The maximum Gasteiger partial charge on any atom is 0.162 e. The molecular weight excluding hydrogens is 418 g/mol. The first-order chi connectivity index (χ1) is 15.8. The van der Waals surface area contributed by atoms with Crippen LogP contribution in [0.5, 0.6) is 5.75 Å². The Morgan fingerprint density at radius 3 is 2.69 bits per heavy atom. The molecule has 1 N–H and O–H groups in total. The Hall–Kier alpha value is -2.74. The molecule has 166 valence electrons. The standard InChI is InChI=1S/C25H29N5OS/c1-26-15-23-13-20(18-32-23)24-16-28-30-17-21(14-27-25(24)30)19-5-7-22(8-6-19)31-12-11-29-9-3-2-4-10-29/h5-8,13-14,16-18,26H,2-4,9-12,15H2,1H3. The largest absolute Gasteiger partial charge is 0.492 e. The fourth-order valence-corrected chi connectivity index (χ4v) is 5.13. The van der Waals surface area contributed by atoms with Crippen LogP contribution in [0.25, 0.3) is 27.9 Å². The van der Waals surface area contributed by atoms with Crippen LogP contribution in [-0.4, -0.2) is 52.8 Å². The van der Waals surface area contributed by atoms with E-state index in [2.05, 4.69) is 38.9 Å². The van der Waals surface area contributed by atoms with E-state index >= 15 is 0 Å². The van der Waals surface area contributed by atoms with Crippen LogP contribution in [0.3, 0.4) is 0 Å². The summed E-state index contributed by atoms with van der Waals surface area (Å²) in [5, 5.41) is 9.92. The number of likely N-dealkylation sites (tertiary alicyclic amines) is 1. The Bertz CT molecular complexity index is 1160. The van der Waals surface area contributed by atoms with Crippen molar-refractivity contribution in [3.63, 3.8) is 0 Å². The molecule has 1 fully saturated rings. The minimum Gasteiger partial charge on any atom is -0.492 e. The van der Waals surface area contributed by atoms with Crippen LogP contribution < -0.4 is 10.1 Å². The maximum absolute atomic E-state index is 5.96. The lowest BCUT2D eigenvalue weighted by molar-refractivity contribution is 0.183. The third kappa shape index (κ3) is 4.70. The van der Waals surface area contributed by atoms with Gasteiger partial charge >= 0.3 is 0 Å². The molecule has 0 radical (unpaired) electrons. The second kappa shape index (κ2) is 9.81. The zero-order valence-electron chi connectivity index (χ0n) is 18.5. The van der Waals surface area contributed by atoms with Crippen LogP contribution in [0, 0.1) is 0 Å². The van der Waals surface area contributed by atoms with Gasteiger partial charge in [0.15, 0.2) is 5.65 Å². The molecule has 3 aromatic heterocycles. The van der Waals surface area contributed by atoms with Crippen LogP contribution >= 0.6 is 11.3 Å². The molecule has 1 aliphatic rings. The summed E-state index contributed by atoms with van der Waals surface area (Å²) < 4.78 is 7.83. The van der Waals surface area contributed by atoms with Crippen molar-refractivity contribution in [2.45, 2.75) is 25.8 Å². The summed E-state index contributed by atoms with van der Waals surface area (Å²) in [6, 6.07) is 10.5. The molecule has 1 aromatic carbocycles. The summed E-state index contributed by atoms with van der Waals surface area (Å²) in [7, 11) is 1.96. The number of rotatable bonds is 8. The zero-order valence-corrected chi connectivity index (χ0v) is 19.3. The number of fused-ring (bicyclic) bond motifs is 1. The van der Waals surface area contributed by atoms with Crippen LogP contribution in [0.1, 0.15) is 24.1 Å². The zero-order chi connectivity index (χ0) is 21.8. The van der Waals surface area contributed by atoms with Crippen molar-refractivity contribution in [2.75, 3.05) is 33.3 Å². The minimum atomic E-state index is 0.738. The number of nitrogens with zero attached hydrogens (tertiary/aromatic N) is 4. The normalized spacial score (nSPS) is 14.8. The van der Waals surface area contributed by atoms with Gasteiger partial charge in [-0.1, -0.05) is 18.6 Å². The molecular formula is C25H29N5OS. The second-order valence-electron chi connectivity index (χ2n) is 8.28. The quantitative estimate of drug-likeness (QED) is 0.424. The molecule has 0 saturated carbocycles. The van der Waals surface area contributed by atoms with Crippen molar-refractivity contribution in [1.82, 2.24) is 24.8 Å². The number of piperidine rings is 1. The highest BCUT2D eigenvalue weighted by Gasteiger charge is 2.12. The topological polar surface area (TPSA) is 54.7 Å². The number of ether oxygens (including phenoxy) is 1. The average molecular weight is 448 g/mol. The van der Waals surface area contributed by atoms with Gasteiger partial charge in [0.25, 0.3) is 0 Å². The van der Waals surface area contributed by atoms with Crippen molar-refractivity contribution >= 4 is 17.0 Å². The van der Waals surface area contributed by atoms with Crippen LogP contribution in [-0.2, 0) is 6.54 Å². The highest BCUT2D eigenvalue weighted by molar-refractivity contribution is 7.10. The lowest BCUT2D eigenvalue weighted by Crippen LogP contribution is -2.33. The molecule has 1 aliphatic heterocycles. The van der Waals surface area contributed by atoms with Gasteiger partial charge in [0.2, 0.25) is 0 Å². The maximum atomic E-state index is 5.96. The Kier molecular flexibility index (Phi) is 6.48. The van der Waals surface area contributed by atoms with Gasteiger partial charge in [-0.2, -0.15) is 5.10 Å². The smallest absolute Gasteiger partial charge is 0.162 e. The van der Waals surface area contributed by atoms with Crippen LogP contribution in [0.15, 0.2) is 54.3 Å². The van der Waals surface area contributed by atoms with Crippen molar-refractivity contribution in [3.8, 4) is 28.0 Å². The van der Waals surface area contributed by atoms with Gasteiger partial charge in [-0.3, -0.25) is 4.90 Å². The number of benzene rings is 1. The number of thiophene rings is 1. The van der Waals surface area contributed by atoms with Crippen LogP contribution in [0.2, 0.25) is 0 Å². The Labute approximate surface area is 192 Å². The fourth-order valence-electron chi connectivity index (χ4n) is 4.24. The summed E-state index contributed by atoms with van der Waals surface area (Å²) >= 11 is 1.75. The van der Waals surface area contributed by atoms with E-state index in [-0.39, 0.29) is 0 Å². The predicted molar refractivity (Wildman–Crippen MR) is 130 cm³/mol. The molecule has 1 saturated heterocycles. The molecule has 6 nitrogen and oxygen atoms in total. The number of hydrogen-bond acceptors (Lipinski definition) is 6. The van der Waals surface area contributed by atoms with E-state index < -0.39 is 0 Å². The summed E-state index contributed by atoms with van der Waals surface area (Å²) in [6.07, 6.45) is 9.86. The molecule has 32 heavy (non-hydrogen) atoms. The van der Waals surface area contributed by atoms with Crippen molar-refractivity contribution in [3.05, 3.63) is 59.2 Å². The van der Waals surface area contributed by atoms with E-state index in [0.29, 0.717) is 0 Å². The summed E-state index contributed by atoms with van der Waals surface area (Å²) in [5.74, 6) is 0.913. The first kappa shape index (κ1) is 21.1. The Morgan fingerprint density at radius 2 is 1.88 bits per heavy atom. The highest BCUT2D eigenvalue weighted by Crippen LogP contribution is 2.29. The molecule has 0 unspecified atom stereocenters. The molecule has 5 rings (SSSR count). The molecule has 0 bridgehead atoms. The SMILES string of the molecule is CNCc1cc(-c2cnn3cc(-c4ccc(OCCN5CCCCC5)cc4)cnc23)cs1. The van der Waals surface area contributed by atoms with Gasteiger partial charge in [-0.25, -0.2) is 9.50 Å². The molecule has 0 aliphatic carbocycles. The van der Waals surface area contributed by atoms with Gasteiger partial charge in [0, 0.05) is 41.5 Å². The average Bonchev–Trinajstić information content (AvgIpc) is 3.47. The van der Waals surface area contributed by atoms with E-state index in [1.807, 2.05) is 42.3 Å². The van der Waals surface area contributed by atoms with E-state index in [0.717, 1.165) is 47.8 Å². The van der Waals surface area contributed by atoms with Crippen molar-refractivity contribution in [1.29, 1.82) is 0 Å². The van der Waals surface area contributed by atoms with Gasteiger partial charge in [-0.15, -0.1) is 11.3 Å². The predicted octanol–water partition coefficient (Wildman–Crippen LogP) is 4.71. The van der Waals surface area contributed by atoms with E-state index in [9.17, 15) is 0 Å². The molecule has 7 heteroatoms. The van der Waals surface area contributed by atoms with Gasteiger partial charge in [-0.05, 0) is 67.7 Å². The third-order valence-electron chi connectivity index (χ3n) is 5.98.